The average molecular weight is 333 g/mol. The van der Waals surface area contributed by atoms with Crippen LogP contribution in [0.2, 0.25) is 0 Å². The molecule has 0 unspecified atom stereocenters. The van der Waals surface area contributed by atoms with E-state index in [9.17, 15) is 19.2 Å². The number of carboxylic acid groups (broad SMARTS) is 1. The summed E-state index contributed by atoms with van der Waals surface area (Å²) in [5.74, 6) is -1.50. The van der Waals surface area contributed by atoms with E-state index in [2.05, 4.69) is 4.98 Å². The second kappa shape index (κ2) is 7.12. The van der Waals surface area contributed by atoms with Crippen LogP contribution in [0.5, 0.6) is 0 Å². The average Bonchev–Trinajstić information content (AvgIpc) is 2.51. The number of aromatic nitrogens is 2. The van der Waals surface area contributed by atoms with E-state index in [1.165, 1.54) is 4.90 Å². The summed E-state index contributed by atoms with van der Waals surface area (Å²) >= 11 is 0. The molecular formula is C16H19N3O5. The Morgan fingerprint density at radius 2 is 1.92 bits per heavy atom. The minimum absolute atomic E-state index is 0.0199. The molecule has 1 amide bonds. The number of aromatic amines is 1. The van der Waals surface area contributed by atoms with Gasteiger partial charge in [0.05, 0.1) is 17.3 Å². The Labute approximate surface area is 137 Å². The first-order chi connectivity index (χ1) is 11.3. The molecule has 0 aliphatic rings. The van der Waals surface area contributed by atoms with Crippen molar-refractivity contribution in [3.8, 4) is 0 Å². The van der Waals surface area contributed by atoms with Crippen molar-refractivity contribution in [1.29, 1.82) is 0 Å². The van der Waals surface area contributed by atoms with Gasteiger partial charge < -0.3 is 15.0 Å². The van der Waals surface area contributed by atoms with Crippen LogP contribution >= 0.6 is 0 Å². The van der Waals surface area contributed by atoms with Gasteiger partial charge in [0.25, 0.3) is 5.56 Å². The molecule has 1 heterocycles. The van der Waals surface area contributed by atoms with Crippen LogP contribution in [-0.4, -0.2) is 44.0 Å². The first-order valence-corrected chi connectivity index (χ1v) is 7.54. The van der Waals surface area contributed by atoms with Crippen LogP contribution in [0.25, 0.3) is 10.9 Å². The van der Waals surface area contributed by atoms with Crippen LogP contribution in [0.1, 0.15) is 20.3 Å². The minimum Gasteiger partial charge on any atom is -0.481 e. The van der Waals surface area contributed by atoms with Crippen molar-refractivity contribution in [1.82, 2.24) is 14.5 Å². The maximum absolute atomic E-state index is 12.4. The topological polar surface area (TPSA) is 112 Å². The summed E-state index contributed by atoms with van der Waals surface area (Å²) < 4.78 is 0.834. The molecule has 0 radical (unpaired) electrons. The zero-order valence-electron chi connectivity index (χ0n) is 13.5. The third kappa shape index (κ3) is 3.70. The van der Waals surface area contributed by atoms with Crippen molar-refractivity contribution in [2.75, 3.05) is 6.54 Å². The fraction of sp³-hybridized carbons (Fsp3) is 0.375. The van der Waals surface area contributed by atoms with Gasteiger partial charge in [0.1, 0.15) is 6.54 Å². The molecule has 0 saturated carbocycles. The number of para-hydroxylation sites is 1. The van der Waals surface area contributed by atoms with E-state index in [4.69, 9.17) is 5.11 Å². The fourth-order valence-corrected chi connectivity index (χ4v) is 2.46. The number of carbonyl (C=O) groups excluding carboxylic acids is 1. The van der Waals surface area contributed by atoms with E-state index in [-0.39, 0.29) is 19.0 Å². The molecule has 2 N–H and O–H groups in total. The molecule has 2 aromatic rings. The number of nitrogens with one attached hydrogen (secondary N) is 1. The molecule has 8 nitrogen and oxygen atoms in total. The summed E-state index contributed by atoms with van der Waals surface area (Å²) in [6.45, 7) is 3.07. The van der Waals surface area contributed by atoms with Gasteiger partial charge in [0.2, 0.25) is 5.91 Å². The van der Waals surface area contributed by atoms with E-state index in [1.54, 1.807) is 38.1 Å². The van der Waals surface area contributed by atoms with E-state index in [0.717, 1.165) is 4.57 Å². The molecule has 0 fully saturated rings. The Hall–Kier alpha value is -2.90. The third-order valence-corrected chi connectivity index (χ3v) is 3.69. The van der Waals surface area contributed by atoms with Crippen molar-refractivity contribution in [2.45, 2.75) is 32.9 Å². The molecule has 24 heavy (non-hydrogen) atoms. The lowest BCUT2D eigenvalue weighted by atomic mass is 10.2. The molecule has 1 aromatic heterocycles. The zero-order chi connectivity index (χ0) is 17.9. The summed E-state index contributed by atoms with van der Waals surface area (Å²) in [7, 11) is 0. The predicted octanol–water partition coefficient (Wildman–Crippen LogP) is 0.401. The van der Waals surface area contributed by atoms with Gasteiger partial charge in [-0.05, 0) is 26.0 Å². The number of hydrogen-bond donors (Lipinski definition) is 2. The maximum Gasteiger partial charge on any atom is 0.329 e. The van der Waals surface area contributed by atoms with Crippen LogP contribution in [0.15, 0.2) is 33.9 Å². The number of amides is 1. The first-order valence-electron chi connectivity index (χ1n) is 7.54. The number of nitrogens with zero attached hydrogens (tertiary/aromatic N) is 2. The summed E-state index contributed by atoms with van der Waals surface area (Å²) in [6, 6.07) is 6.30. The van der Waals surface area contributed by atoms with Crippen LogP contribution < -0.4 is 11.2 Å². The quantitative estimate of drug-likeness (QED) is 0.794. The van der Waals surface area contributed by atoms with Crippen LogP contribution in [0.4, 0.5) is 0 Å². The molecule has 0 atom stereocenters. The van der Waals surface area contributed by atoms with Crippen LogP contribution in [-0.2, 0) is 16.1 Å². The van der Waals surface area contributed by atoms with Gasteiger partial charge in [-0.1, -0.05) is 12.1 Å². The number of benzene rings is 1. The number of hydrogen-bond acceptors (Lipinski definition) is 4. The van der Waals surface area contributed by atoms with Crippen molar-refractivity contribution >= 4 is 22.8 Å². The minimum atomic E-state index is -1.02. The number of rotatable bonds is 6. The van der Waals surface area contributed by atoms with Gasteiger partial charge in [-0.25, -0.2) is 4.79 Å². The first kappa shape index (κ1) is 17.5. The number of fused-ring (bicyclic) bond motifs is 1. The number of carboxylic acids is 1. The van der Waals surface area contributed by atoms with Crippen LogP contribution in [0.3, 0.4) is 0 Å². The Kier molecular flexibility index (Phi) is 5.18. The van der Waals surface area contributed by atoms with Gasteiger partial charge >= 0.3 is 11.7 Å². The second-order valence-corrected chi connectivity index (χ2v) is 5.69. The summed E-state index contributed by atoms with van der Waals surface area (Å²) in [6.07, 6.45) is -0.201. The lowest BCUT2D eigenvalue weighted by molar-refractivity contribution is -0.139. The van der Waals surface area contributed by atoms with Crippen molar-refractivity contribution < 1.29 is 14.7 Å². The van der Waals surface area contributed by atoms with Gasteiger partial charge in [-0.15, -0.1) is 0 Å². The standard InChI is InChI=1S/C16H19N3O5/c1-10(2)18(8-7-14(21)22)13(20)9-19-15(23)11-5-3-4-6-12(11)17-16(19)24/h3-6,10H,7-9H2,1-2H3,(H,17,24)(H,21,22). The summed E-state index contributed by atoms with van der Waals surface area (Å²) in [5.41, 5.74) is -0.818. The molecule has 0 aliphatic carbocycles. The van der Waals surface area contributed by atoms with E-state index in [0.29, 0.717) is 10.9 Å². The van der Waals surface area contributed by atoms with E-state index >= 15 is 0 Å². The fourth-order valence-electron chi connectivity index (χ4n) is 2.46. The number of aliphatic carboxylic acids is 1. The molecule has 0 spiro atoms. The van der Waals surface area contributed by atoms with E-state index in [1.807, 2.05) is 0 Å². The van der Waals surface area contributed by atoms with Gasteiger partial charge in [-0.2, -0.15) is 0 Å². The Morgan fingerprint density at radius 3 is 2.54 bits per heavy atom. The van der Waals surface area contributed by atoms with E-state index < -0.39 is 29.7 Å². The van der Waals surface area contributed by atoms with Gasteiger partial charge in [-0.3, -0.25) is 19.0 Å². The molecular weight excluding hydrogens is 314 g/mol. The smallest absolute Gasteiger partial charge is 0.329 e. The Bertz CT molecular complexity index is 881. The maximum atomic E-state index is 12.4. The summed E-state index contributed by atoms with van der Waals surface area (Å²) in [5, 5.41) is 9.09. The largest absolute Gasteiger partial charge is 0.481 e. The molecule has 2 rings (SSSR count). The molecule has 0 saturated heterocycles. The highest BCUT2D eigenvalue weighted by Gasteiger charge is 2.20. The van der Waals surface area contributed by atoms with Crippen LogP contribution in [0, 0.1) is 0 Å². The number of H-pyrrole nitrogens is 1. The van der Waals surface area contributed by atoms with Crippen molar-refractivity contribution in [3.63, 3.8) is 0 Å². The lowest BCUT2D eigenvalue weighted by Crippen LogP contribution is -2.45. The highest BCUT2D eigenvalue weighted by Crippen LogP contribution is 2.05. The molecule has 1 aromatic carbocycles. The van der Waals surface area contributed by atoms with Gasteiger partial charge in [0, 0.05) is 12.6 Å². The molecule has 8 heteroatoms. The predicted molar refractivity (Wildman–Crippen MR) is 87.9 cm³/mol. The third-order valence-electron chi connectivity index (χ3n) is 3.69. The highest BCUT2D eigenvalue weighted by atomic mass is 16.4. The molecule has 0 aliphatic heterocycles. The molecule has 128 valence electrons. The molecule has 0 bridgehead atoms. The monoisotopic (exact) mass is 333 g/mol. The number of carbonyl (C=O) groups is 2. The Balaban J connectivity index is 2.34. The normalized spacial score (nSPS) is 11.0. The summed E-state index contributed by atoms with van der Waals surface area (Å²) in [4.78, 5) is 51.6. The van der Waals surface area contributed by atoms with Crippen molar-refractivity contribution in [2.24, 2.45) is 0 Å². The highest BCUT2D eigenvalue weighted by molar-refractivity contribution is 5.79. The zero-order valence-corrected chi connectivity index (χ0v) is 13.5. The van der Waals surface area contributed by atoms with Crippen molar-refractivity contribution in [3.05, 3.63) is 45.1 Å². The Morgan fingerprint density at radius 1 is 1.25 bits per heavy atom. The second-order valence-electron chi connectivity index (χ2n) is 5.69. The SMILES string of the molecule is CC(C)N(CCC(=O)O)C(=O)Cn1c(=O)[nH]c2ccccc2c1=O. The van der Waals surface area contributed by atoms with Gasteiger partial charge in [0.15, 0.2) is 0 Å². The lowest BCUT2D eigenvalue weighted by Gasteiger charge is -2.26.